The van der Waals surface area contributed by atoms with E-state index in [0.717, 1.165) is 32.4 Å². The van der Waals surface area contributed by atoms with Gasteiger partial charge in [-0.15, -0.1) is 0 Å². The Kier molecular flexibility index (Phi) is 16.4. The number of carbonyl (C=O) groups excluding carboxylic acids is 2. The molecule has 2 aromatic heterocycles. The number of methoxy groups -OCH3 is 2. The molecule has 0 aliphatic heterocycles. The standard InChI is InChI=1S/C15H17N3O2S.C9H14N4O2S.C8H9BrO/c1-4-21-15-17-8-11(14(16)18-15)13(19)10-7-9(2)5-6-12(10)20-3;1-4-16-9-11-5-6(7(10)12-9)8(14)13(2)15-3;1-6-3-4-8(10-2)7(9)5-6/h5-8H,4H2,1-3H3,(H2,16,17,18);5H,4H2,1-3H3,(H2,10,11,12);3-5H,1-2H3. The number of nitrogen functional groups attached to an aromatic ring is 2. The Morgan fingerprint density at radius 2 is 1.28 bits per heavy atom. The first-order valence-corrected chi connectivity index (χ1v) is 17.0. The maximum Gasteiger partial charge on any atom is 0.282 e. The van der Waals surface area contributed by atoms with Crippen LogP contribution >= 0.6 is 39.5 Å². The predicted molar refractivity (Wildman–Crippen MR) is 191 cm³/mol. The normalized spacial score (nSPS) is 10.1. The molecule has 1 amide bonds. The van der Waals surface area contributed by atoms with Gasteiger partial charge in [-0.2, -0.15) is 0 Å². The van der Waals surface area contributed by atoms with Crippen LogP contribution in [0.2, 0.25) is 0 Å². The lowest BCUT2D eigenvalue weighted by Gasteiger charge is -2.14. The third-order valence-electron chi connectivity index (χ3n) is 6.08. The number of anilines is 2. The van der Waals surface area contributed by atoms with E-state index in [9.17, 15) is 9.59 Å². The van der Waals surface area contributed by atoms with Gasteiger partial charge in [0.1, 0.15) is 28.7 Å². The molecule has 0 aliphatic rings. The first kappa shape index (κ1) is 39.3. The summed E-state index contributed by atoms with van der Waals surface area (Å²) >= 11 is 6.33. The van der Waals surface area contributed by atoms with Gasteiger partial charge in [0, 0.05) is 19.4 Å². The second kappa shape index (κ2) is 19.7. The summed E-state index contributed by atoms with van der Waals surface area (Å²) in [6.45, 7) is 7.95. The number of ether oxygens (including phenoxy) is 2. The van der Waals surface area contributed by atoms with Gasteiger partial charge in [-0.1, -0.05) is 55.1 Å². The number of hydroxylamine groups is 2. The molecular formula is C32H40BrN7O5S2. The molecule has 0 aliphatic carbocycles. The first-order chi connectivity index (χ1) is 22.4. The first-order valence-electron chi connectivity index (χ1n) is 14.2. The fourth-order valence-electron chi connectivity index (χ4n) is 3.66. The molecule has 0 saturated carbocycles. The van der Waals surface area contributed by atoms with Crippen molar-refractivity contribution in [1.82, 2.24) is 25.0 Å². The molecule has 0 spiro atoms. The van der Waals surface area contributed by atoms with Gasteiger partial charge in [-0.25, -0.2) is 25.0 Å². The van der Waals surface area contributed by atoms with Crippen molar-refractivity contribution < 1.29 is 23.9 Å². The van der Waals surface area contributed by atoms with Crippen LogP contribution in [0.3, 0.4) is 0 Å². The van der Waals surface area contributed by atoms with Gasteiger partial charge in [0.25, 0.3) is 5.91 Å². The number of benzene rings is 2. The van der Waals surface area contributed by atoms with E-state index < -0.39 is 0 Å². The maximum atomic E-state index is 12.6. The van der Waals surface area contributed by atoms with Gasteiger partial charge in [0.15, 0.2) is 10.3 Å². The van der Waals surface area contributed by atoms with Crippen molar-refractivity contribution in [2.24, 2.45) is 0 Å². The van der Waals surface area contributed by atoms with Crippen molar-refractivity contribution in [2.75, 3.05) is 51.4 Å². The Morgan fingerprint density at radius 3 is 1.72 bits per heavy atom. The number of thioether (sulfide) groups is 2. The summed E-state index contributed by atoms with van der Waals surface area (Å²) in [5.74, 6) is 2.84. The highest BCUT2D eigenvalue weighted by Gasteiger charge is 2.19. The van der Waals surface area contributed by atoms with Crippen LogP contribution < -0.4 is 20.9 Å². The number of nitrogens with zero attached hydrogens (tertiary/aromatic N) is 5. The van der Waals surface area contributed by atoms with Crippen LogP contribution in [0.15, 0.2) is 63.6 Å². The van der Waals surface area contributed by atoms with Crippen molar-refractivity contribution >= 4 is 62.8 Å². The molecule has 4 rings (SSSR count). The smallest absolute Gasteiger partial charge is 0.282 e. The molecule has 0 unspecified atom stereocenters. The molecule has 252 valence electrons. The number of hydrogen-bond acceptors (Lipinski definition) is 13. The lowest BCUT2D eigenvalue weighted by Crippen LogP contribution is -2.26. The van der Waals surface area contributed by atoms with E-state index in [4.69, 9.17) is 25.8 Å². The molecule has 4 N–H and O–H groups in total. The molecule has 15 heteroatoms. The Morgan fingerprint density at radius 1 is 0.787 bits per heavy atom. The Hall–Kier alpha value is -3.92. The van der Waals surface area contributed by atoms with Gasteiger partial charge in [-0.3, -0.25) is 14.4 Å². The summed E-state index contributed by atoms with van der Waals surface area (Å²) in [7, 11) is 6.09. The maximum absolute atomic E-state index is 12.6. The average molecular weight is 747 g/mol. The van der Waals surface area contributed by atoms with E-state index >= 15 is 0 Å². The highest BCUT2D eigenvalue weighted by Crippen LogP contribution is 2.26. The molecular weight excluding hydrogens is 706 g/mol. The van der Waals surface area contributed by atoms with E-state index in [0.29, 0.717) is 27.2 Å². The van der Waals surface area contributed by atoms with Crippen molar-refractivity contribution in [3.05, 3.63) is 81.1 Å². The summed E-state index contributed by atoms with van der Waals surface area (Å²) in [5.41, 5.74) is 14.8. The number of carbonyl (C=O) groups is 2. The minimum Gasteiger partial charge on any atom is -0.496 e. The topological polar surface area (TPSA) is 169 Å². The molecule has 12 nitrogen and oxygen atoms in total. The Balaban J connectivity index is 0.000000261. The third kappa shape index (κ3) is 11.7. The predicted octanol–water partition coefficient (Wildman–Crippen LogP) is 6.29. The summed E-state index contributed by atoms with van der Waals surface area (Å²) in [6.07, 6.45) is 2.89. The van der Waals surface area contributed by atoms with Gasteiger partial charge >= 0.3 is 0 Å². The summed E-state index contributed by atoms with van der Waals surface area (Å²) in [4.78, 5) is 45.5. The summed E-state index contributed by atoms with van der Waals surface area (Å²) in [5, 5.41) is 2.21. The van der Waals surface area contributed by atoms with Crippen LogP contribution in [0.1, 0.15) is 51.3 Å². The monoisotopic (exact) mass is 745 g/mol. The lowest BCUT2D eigenvalue weighted by atomic mass is 10.0. The zero-order valence-electron chi connectivity index (χ0n) is 27.7. The van der Waals surface area contributed by atoms with Crippen LogP contribution in [0, 0.1) is 13.8 Å². The van der Waals surface area contributed by atoms with Crippen molar-refractivity contribution in [2.45, 2.75) is 38.0 Å². The molecule has 2 heterocycles. The van der Waals surface area contributed by atoms with E-state index in [1.807, 2.05) is 52.0 Å². The van der Waals surface area contributed by atoms with E-state index in [1.54, 1.807) is 19.2 Å². The second-order valence-electron chi connectivity index (χ2n) is 9.43. The number of amides is 1. The van der Waals surface area contributed by atoms with Crippen LogP contribution in [-0.4, -0.2) is 76.6 Å². The highest BCUT2D eigenvalue weighted by atomic mass is 79.9. The van der Waals surface area contributed by atoms with E-state index in [1.165, 1.54) is 62.7 Å². The third-order valence-corrected chi connectivity index (χ3v) is 8.19. The van der Waals surface area contributed by atoms with Gasteiger partial charge in [0.2, 0.25) is 5.78 Å². The SMILES string of the molecule is CCSc1ncc(C(=O)N(C)OC)c(N)n1.CCSc1ncc(C(=O)c2cc(C)ccc2OC)c(N)n1.COc1ccc(C)cc1Br. The Labute approximate surface area is 292 Å². The van der Waals surface area contributed by atoms with Gasteiger partial charge in [0.05, 0.1) is 36.9 Å². The minimum absolute atomic E-state index is 0.167. The highest BCUT2D eigenvalue weighted by molar-refractivity contribution is 9.10. The number of aromatic nitrogens is 4. The van der Waals surface area contributed by atoms with Crippen LogP contribution in [-0.2, 0) is 4.84 Å². The molecule has 0 saturated heterocycles. The summed E-state index contributed by atoms with van der Waals surface area (Å²) in [6, 6.07) is 11.4. The molecule has 0 bridgehead atoms. The number of nitrogens with two attached hydrogens (primary N) is 2. The molecule has 2 aromatic carbocycles. The summed E-state index contributed by atoms with van der Waals surface area (Å²) < 4.78 is 11.3. The molecule has 47 heavy (non-hydrogen) atoms. The zero-order chi connectivity index (χ0) is 35.1. The fourth-order valence-corrected chi connectivity index (χ4v) is 5.41. The van der Waals surface area contributed by atoms with E-state index in [-0.39, 0.29) is 28.9 Å². The van der Waals surface area contributed by atoms with Gasteiger partial charge in [-0.05, 0) is 71.1 Å². The van der Waals surface area contributed by atoms with Crippen molar-refractivity contribution in [1.29, 1.82) is 0 Å². The number of hydrogen-bond donors (Lipinski definition) is 2. The van der Waals surface area contributed by atoms with Crippen LogP contribution in [0.5, 0.6) is 11.5 Å². The number of rotatable bonds is 10. The largest absolute Gasteiger partial charge is 0.496 e. The molecule has 4 aromatic rings. The second-order valence-corrected chi connectivity index (χ2v) is 12.7. The van der Waals surface area contributed by atoms with E-state index in [2.05, 4.69) is 35.9 Å². The number of aryl methyl sites for hydroxylation is 2. The molecule has 0 radical (unpaired) electrons. The Bertz CT molecular complexity index is 1660. The fraction of sp³-hybridized carbons (Fsp3) is 0.312. The zero-order valence-corrected chi connectivity index (χ0v) is 30.9. The molecule has 0 fully saturated rings. The molecule has 0 atom stereocenters. The van der Waals surface area contributed by atoms with Gasteiger partial charge < -0.3 is 20.9 Å². The quantitative estimate of drug-likeness (QED) is 0.0805. The lowest BCUT2D eigenvalue weighted by molar-refractivity contribution is -0.0756. The minimum atomic E-state index is -0.368. The van der Waals surface area contributed by atoms with Crippen molar-refractivity contribution in [3.8, 4) is 11.5 Å². The number of halogens is 1. The number of ketones is 1. The van der Waals surface area contributed by atoms with Crippen LogP contribution in [0.4, 0.5) is 11.6 Å². The van der Waals surface area contributed by atoms with Crippen LogP contribution in [0.25, 0.3) is 0 Å². The average Bonchev–Trinajstić information content (AvgIpc) is 3.05. The van der Waals surface area contributed by atoms with Crippen molar-refractivity contribution in [3.63, 3.8) is 0 Å².